The lowest BCUT2D eigenvalue weighted by Crippen LogP contribution is -2.36. The van der Waals surface area contributed by atoms with Gasteiger partial charge in [0.15, 0.2) is 0 Å². The molecule has 7 heteroatoms. The van der Waals surface area contributed by atoms with Gasteiger partial charge < -0.3 is 20.8 Å². The first-order valence-corrected chi connectivity index (χ1v) is 6.30. The molecular formula is C14H15N3O4. The smallest absolute Gasteiger partial charge is 0.336 e. The minimum absolute atomic E-state index is 0.173. The second kappa shape index (κ2) is 6.19. The predicted molar refractivity (Wildman–Crippen MR) is 77.9 cm³/mol. The van der Waals surface area contributed by atoms with Crippen LogP contribution in [-0.4, -0.2) is 24.9 Å². The molecule has 2 amide bonds. The molecule has 0 spiro atoms. The van der Waals surface area contributed by atoms with Crippen LogP contribution in [0.1, 0.15) is 5.56 Å². The number of anilines is 1. The highest BCUT2D eigenvalue weighted by molar-refractivity contribution is 5.96. The molecule has 4 N–H and O–H groups in total. The van der Waals surface area contributed by atoms with Gasteiger partial charge in [-0.05, 0) is 24.6 Å². The van der Waals surface area contributed by atoms with Crippen LogP contribution in [0, 0.1) is 6.92 Å². The summed E-state index contributed by atoms with van der Waals surface area (Å²) in [6.45, 7) is 1.46. The zero-order chi connectivity index (χ0) is 15.4. The maximum atomic E-state index is 11.6. The van der Waals surface area contributed by atoms with Crippen molar-refractivity contribution in [1.82, 2.24) is 5.32 Å². The van der Waals surface area contributed by atoms with Gasteiger partial charge >= 0.3 is 5.63 Å². The first kappa shape index (κ1) is 14.7. The summed E-state index contributed by atoms with van der Waals surface area (Å²) in [5.74, 6) is -0.809. The van der Waals surface area contributed by atoms with Crippen LogP contribution in [0.15, 0.2) is 33.5 Å². The van der Waals surface area contributed by atoms with Gasteiger partial charge in [0.2, 0.25) is 11.8 Å². The monoisotopic (exact) mass is 289 g/mol. The number of rotatable bonds is 4. The van der Waals surface area contributed by atoms with Gasteiger partial charge in [0.1, 0.15) is 5.58 Å². The van der Waals surface area contributed by atoms with E-state index in [9.17, 15) is 14.4 Å². The molecule has 0 aliphatic heterocycles. The van der Waals surface area contributed by atoms with E-state index in [1.165, 1.54) is 6.07 Å². The van der Waals surface area contributed by atoms with E-state index in [0.717, 1.165) is 10.9 Å². The van der Waals surface area contributed by atoms with Crippen molar-refractivity contribution in [3.05, 3.63) is 40.2 Å². The molecule has 0 saturated carbocycles. The molecule has 0 bridgehead atoms. The average molecular weight is 289 g/mol. The first-order valence-electron chi connectivity index (χ1n) is 6.30. The van der Waals surface area contributed by atoms with Crippen molar-refractivity contribution in [2.75, 3.05) is 18.4 Å². The number of amides is 2. The molecule has 7 nitrogen and oxygen atoms in total. The lowest BCUT2D eigenvalue weighted by atomic mass is 10.1. The maximum Gasteiger partial charge on any atom is 0.336 e. The molecule has 2 aromatic rings. The number of benzene rings is 1. The summed E-state index contributed by atoms with van der Waals surface area (Å²) in [6, 6.07) is 6.41. The summed E-state index contributed by atoms with van der Waals surface area (Å²) in [5.41, 5.74) is 6.34. The molecule has 1 heterocycles. The van der Waals surface area contributed by atoms with E-state index in [2.05, 4.69) is 10.6 Å². The van der Waals surface area contributed by atoms with Crippen LogP contribution < -0.4 is 22.0 Å². The largest absolute Gasteiger partial charge is 0.423 e. The van der Waals surface area contributed by atoms with Gasteiger partial charge in [0, 0.05) is 23.2 Å². The Labute approximate surface area is 120 Å². The van der Waals surface area contributed by atoms with Crippen LogP contribution in [0.4, 0.5) is 5.69 Å². The molecule has 1 aromatic carbocycles. The van der Waals surface area contributed by atoms with Crippen molar-refractivity contribution in [2.45, 2.75) is 6.92 Å². The third kappa shape index (κ3) is 3.67. The fraction of sp³-hybridized carbons (Fsp3) is 0.214. The van der Waals surface area contributed by atoms with E-state index >= 15 is 0 Å². The third-order valence-electron chi connectivity index (χ3n) is 2.87. The predicted octanol–water partition coefficient (Wildman–Crippen LogP) is 0.115. The summed E-state index contributed by atoms with van der Waals surface area (Å²) in [5, 5.41) is 5.75. The van der Waals surface area contributed by atoms with E-state index < -0.39 is 17.4 Å². The SMILES string of the molecule is Cc1cc(=O)oc2cc(NC(=O)CNC(=O)CN)ccc12. The molecule has 0 unspecified atom stereocenters. The minimum atomic E-state index is -0.446. The summed E-state index contributed by atoms with van der Waals surface area (Å²) >= 11 is 0. The highest BCUT2D eigenvalue weighted by Gasteiger charge is 2.07. The molecule has 21 heavy (non-hydrogen) atoms. The van der Waals surface area contributed by atoms with Crippen molar-refractivity contribution in [3.8, 4) is 0 Å². The Hall–Kier alpha value is -2.67. The minimum Gasteiger partial charge on any atom is -0.423 e. The highest BCUT2D eigenvalue weighted by atomic mass is 16.4. The van der Waals surface area contributed by atoms with Crippen molar-refractivity contribution in [3.63, 3.8) is 0 Å². The van der Waals surface area contributed by atoms with Gasteiger partial charge in [-0.3, -0.25) is 9.59 Å². The number of hydrogen-bond donors (Lipinski definition) is 3. The second-order valence-electron chi connectivity index (χ2n) is 4.49. The zero-order valence-corrected chi connectivity index (χ0v) is 11.4. The van der Waals surface area contributed by atoms with Crippen molar-refractivity contribution in [1.29, 1.82) is 0 Å². The first-order chi connectivity index (χ1) is 9.99. The number of carbonyl (C=O) groups excluding carboxylic acids is 2. The summed E-state index contributed by atoms with van der Waals surface area (Å²) in [4.78, 5) is 33.9. The molecule has 0 saturated heterocycles. The van der Waals surface area contributed by atoms with Crippen molar-refractivity contribution >= 4 is 28.5 Å². The molecule has 1 aromatic heterocycles. The Morgan fingerprint density at radius 2 is 2.00 bits per heavy atom. The quantitative estimate of drug-likeness (QED) is 0.691. The Morgan fingerprint density at radius 1 is 1.24 bits per heavy atom. The fourth-order valence-electron chi connectivity index (χ4n) is 1.86. The lowest BCUT2D eigenvalue weighted by molar-refractivity contribution is -0.123. The van der Waals surface area contributed by atoms with Crippen molar-refractivity contribution in [2.24, 2.45) is 5.73 Å². The third-order valence-corrected chi connectivity index (χ3v) is 2.87. The van der Waals surface area contributed by atoms with Gasteiger partial charge in [0.05, 0.1) is 13.1 Å². The number of fused-ring (bicyclic) bond motifs is 1. The second-order valence-corrected chi connectivity index (χ2v) is 4.49. The number of aryl methyl sites for hydroxylation is 1. The summed E-state index contributed by atoms with van der Waals surface area (Å²) in [7, 11) is 0. The number of hydrogen-bond acceptors (Lipinski definition) is 5. The Balaban J connectivity index is 2.14. The highest BCUT2D eigenvalue weighted by Crippen LogP contribution is 2.20. The molecule has 0 aliphatic carbocycles. The molecular weight excluding hydrogens is 274 g/mol. The number of nitrogens with two attached hydrogens (primary N) is 1. The Bertz CT molecular complexity index is 751. The molecule has 2 rings (SSSR count). The maximum absolute atomic E-state index is 11.6. The molecule has 0 aliphatic rings. The van der Waals surface area contributed by atoms with Crippen LogP contribution in [-0.2, 0) is 9.59 Å². The normalized spacial score (nSPS) is 10.4. The molecule has 0 radical (unpaired) electrons. The van der Waals surface area contributed by atoms with E-state index in [4.69, 9.17) is 10.2 Å². The van der Waals surface area contributed by atoms with Crippen LogP contribution in [0.5, 0.6) is 0 Å². The van der Waals surface area contributed by atoms with Gasteiger partial charge in [-0.25, -0.2) is 4.79 Å². The molecule has 110 valence electrons. The number of nitrogens with one attached hydrogen (secondary N) is 2. The van der Waals surface area contributed by atoms with Gasteiger partial charge in [-0.15, -0.1) is 0 Å². The van der Waals surface area contributed by atoms with Gasteiger partial charge in [-0.1, -0.05) is 0 Å². The Kier molecular flexibility index (Phi) is 4.34. The molecule has 0 fully saturated rings. The summed E-state index contributed by atoms with van der Waals surface area (Å²) in [6.07, 6.45) is 0. The van der Waals surface area contributed by atoms with E-state index in [0.29, 0.717) is 11.3 Å². The Morgan fingerprint density at radius 3 is 2.71 bits per heavy atom. The van der Waals surface area contributed by atoms with Crippen LogP contribution in [0.2, 0.25) is 0 Å². The molecule has 0 atom stereocenters. The lowest BCUT2D eigenvalue weighted by Gasteiger charge is -2.07. The van der Waals surface area contributed by atoms with Crippen LogP contribution in [0.3, 0.4) is 0 Å². The number of carbonyl (C=O) groups is 2. The van der Waals surface area contributed by atoms with E-state index in [1.54, 1.807) is 25.1 Å². The topological polar surface area (TPSA) is 114 Å². The fourth-order valence-corrected chi connectivity index (χ4v) is 1.86. The van der Waals surface area contributed by atoms with E-state index in [1.807, 2.05) is 0 Å². The van der Waals surface area contributed by atoms with Crippen LogP contribution >= 0.6 is 0 Å². The van der Waals surface area contributed by atoms with Crippen molar-refractivity contribution < 1.29 is 14.0 Å². The van der Waals surface area contributed by atoms with Gasteiger partial charge in [0.25, 0.3) is 0 Å². The van der Waals surface area contributed by atoms with Crippen LogP contribution in [0.25, 0.3) is 11.0 Å². The van der Waals surface area contributed by atoms with Gasteiger partial charge in [-0.2, -0.15) is 0 Å². The standard InChI is InChI=1S/C14H15N3O4/c1-8-4-14(20)21-11-5-9(2-3-10(8)11)17-13(19)7-16-12(18)6-15/h2-5H,6-7,15H2,1H3,(H,16,18)(H,17,19). The summed E-state index contributed by atoms with van der Waals surface area (Å²) < 4.78 is 5.09. The average Bonchev–Trinajstić information content (AvgIpc) is 2.44. The zero-order valence-electron chi connectivity index (χ0n) is 11.4. The van der Waals surface area contributed by atoms with E-state index in [-0.39, 0.29) is 13.1 Å².